The van der Waals surface area contributed by atoms with Gasteiger partial charge in [-0.05, 0) is 51.9 Å². The first kappa shape index (κ1) is 28.9. The molecule has 188 valence electrons. The van der Waals surface area contributed by atoms with Crippen molar-refractivity contribution in [3.63, 3.8) is 0 Å². The van der Waals surface area contributed by atoms with E-state index in [1.54, 1.807) is 0 Å². The van der Waals surface area contributed by atoms with Crippen molar-refractivity contribution >= 4 is 6.09 Å². The SMILES string of the molecule is CC.CCn1nc(C)cc1CCN.CCn1nc(C)cc1CCNC(=O)OCc1ccccc1. The summed E-state index contributed by atoms with van der Waals surface area (Å²) < 4.78 is 9.11. The van der Waals surface area contributed by atoms with Crippen molar-refractivity contribution in [2.24, 2.45) is 5.73 Å². The Kier molecular flexibility index (Phi) is 14.0. The zero-order valence-corrected chi connectivity index (χ0v) is 21.7. The number of nitrogens with zero attached hydrogens (tertiary/aromatic N) is 4. The molecule has 3 rings (SSSR count). The second-order valence-corrected chi connectivity index (χ2v) is 7.46. The molecule has 0 unspecified atom stereocenters. The molecule has 0 aliphatic rings. The van der Waals surface area contributed by atoms with Gasteiger partial charge in [0.2, 0.25) is 0 Å². The molecule has 0 saturated carbocycles. The number of ether oxygens (including phenoxy) is 1. The number of hydrogen-bond donors (Lipinski definition) is 2. The number of amides is 1. The van der Waals surface area contributed by atoms with Crippen LogP contribution in [0.2, 0.25) is 0 Å². The lowest BCUT2D eigenvalue weighted by molar-refractivity contribution is 0.139. The first-order chi connectivity index (χ1) is 16.5. The minimum Gasteiger partial charge on any atom is -0.445 e. The van der Waals surface area contributed by atoms with E-state index >= 15 is 0 Å². The lowest BCUT2D eigenvalue weighted by atomic mass is 10.2. The van der Waals surface area contributed by atoms with Gasteiger partial charge in [-0.25, -0.2) is 4.79 Å². The molecular formula is C26H42N6O2. The number of hydrogen-bond acceptors (Lipinski definition) is 5. The maximum atomic E-state index is 11.6. The number of nitrogens with two attached hydrogens (primary N) is 1. The van der Waals surface area contributed by atoms with Crippen molar-refractivity contribution in [1.82, 2.24) is 24.9 Å². The molecule has 1 aromatic carbocycles. The topological polar surface area (TPSA) is 100.0 Å². The van der Waals surface area contributed by atoms with Crippen molar-refractivity contribution in [3.05, 3.63) is 70.8 Å². The smallest absolute Gasteiger partial charge is 0.407 e. The fourth-order valence-electron chi connectivity index (χ4n) is 3.36. The summed E-state index contributed by atoms with van der Waals surface area (Å²) in [6.07, 6.45) is 1.28. The summed E-state index contributed by atoms with van der Waals surface area (Å²) in [6.45, 7) is 15.4. The molecule has 0 saturated heterocycles. The minimum atomic E-state index is -0.391. The van der Waals surface area contributed by atoms with E-state index < -0.39 is 6.09 Å². The van der Waals surface area contributed by atoms with Crippen molar-refractivity contribution in [1.29, 1.82) is 0 Å². The van der Waals surface area contributed by atoms with Gasteiger partial charge in [0.05, 0.1) is 11.4 Å². The quantitative estimate of drug-likeness (QED) is 0.482. The molecule has 0 aliphatic carbocycles. The van der Waals surface area contributed by atoms with Crippen molar-refractivity contribution in [2.75, 3.05) is 13.1 Å². The molecule has 0 aliphatic heterocycles. The molecule has 8 heteroatoms. The maximum absolute atomic E-state index is 11.6. The predicted molar refractivity (Wildman–Crippen MR) is 138 cm³/mol. The van der Waals surface area contributed by atoms with E-state index in [1.807, 2.05) is 73.5 Å². The van der Waals surface area contributed by atoms with Gasteiger partial charge in [0.1, 0.15) is 6.61 Å². The fraction of sp³-hybridized carbons (Fsp3) is 0.500. The molecule has 3 aromatic rings. The lowest BCUT2D eigenvalue weighted by Crippen LogP contribution is -2.27. The van der Waals surface area contributed by atoms with Gasteiger partial charge in [-0.2, -0.15) is 10.2 Å². The van der Waals surface area contributed by atoms with E-state index in [9.17, 15) is 4.79 Å². The highest BCUT2D eigenvalue weighted by atomic mass is 16.5. The van der Waals surface area contributed by atoms with E-state index in [2.05, 4.69) is 35.4 Å². The van der Waals surface area contributed by atoms with Crippen LogP contribution in [0.25, 0.3) is 0 Å². The van der Waals surface area contributed by atoms with Crippen molar-refractivity contribution in [2.45, 2.75) is 74.1 Å². The molecule has 8 nitrogen and oxygen atoms in total. The van der Waals surface area contributed by atoms with Gasteiger partial charge in [-0.3, -0.25) is 9.36 Å². The molecule has 3 N–H and O–H groups in total. The van der Waals surface area contributed by atoms with Gasteiger partial charge >= 0.3 is 6.09 Å². The molecule has 2 heterocycles. The van der Waals surface area contributed by atoms with Crippen LogP contribution in [0.4, 0.5) is 4.79 Å². The second kappa shape index (κ2) is 16.5. The first-order valence-corrected chi connectivity index (χ1v) is 12.2. The largest absolute Gasteiger partial charge is 0.445 e. The Morgan fingerprint density at radius 1 is 0.941 bits per heavy atom. The molecule has 0 atom stereocenters. The summed E-state index contributed by atoms with van der Waals surface area (Å²) in [6, 6.07) is 13.8. The number of carbonyl (C=O) groups excluding carboxylic acids is 1. The van der Waals surface area contributed by atoms with Gasteiger partial charge in [0, 0.05) is 43.9 Å². The average Bonchev–Trinajstić information content (AvgIpc) is 3.41. The molecule has 0 spiro atoms. The molecule has 0 fully saturated rings. The standard InChI is InChI=1S/C16H21N3O2.C8H15N3.C2H6/c1-3-19-15(11-13(2)18-19)9-10-17-16(20)21-12-14-7-5-4-6-8-14;1-3-11-8(4-5-9)6-7(2)10-11;1-2/h4-8,11H,3,9-10,12H2,1-2H3,(H,17,20);6H,3-5,9H2,1-2H3;1-2H3. The summed E-state index contributed by atoms with van der Waals surface area (Å²) >= 11 is 0. The van der Waals surface area contributed by atoms with Crippen LogP contribution in [0.15, 0.2) is 42.5 Å². The lowest BCUT2D eigenvalue weighted by Gasteiger charge is -2.08. The molecule has 34 heavy (non-hydrogen) atoms. The van der Waals surface area contributed by atoms with Gasteiger partial charge in [-0.1, -0.05) is 44.2 Å². The Bertz CT molecular complexity index is 950. The van der Waals surface area contributed by atoms with E-state index in [-0.39, 0.29) is 0 Å². The highest BCUT2D eigenvalue weighted by Gasteiger charge is 2.06. The fourth-order valence-corrected chi connectivity index (χ4v) is 3.36. The Hall–Kier alpha value is -3.13. The minimum absolute atomic E-state index is 0.290. The molecule has 1 amide bonds. The van der Waals surface area contributed by atoms with Crippen LogP contribution in [0.3, 0.4) is 0 Å². The number of carbonyl (C=O) groups is 1. The Labute approximate surface area is 204 Å². The normalized spacial score (nSPS) is 9.97. The average molecular weight is 471 g/mol. The van der Waals surface area contributed by atoms with Gasteiger partial charge in [0.25, 0.3) is 0 Å². The van der Waals surface area contributed by atoms with Gasteiger partial charge in [-0.15, -0.1) is 0 Å². The van der Waals surface area contributed by atoms with Crippen LogP contribution in [0.1, 0.15) is 56.0 Å². The summed E-state index contributed by atoms with van der Waals surface area (Å²) in [7, 11) is 0. The zero-order valence-electron chi connectivity index (χ0n) is 21.7. The number of nitrogens with one attached hydrogen (secondary N) is 1. The number of rotatable bonds is 9. The summed E-state index contributed by atoms with van der Waals surface area (Å²) in [5.74, 6) is 0. The molecular weight excluding hydrogens is 428 g/mol. The summed E-state index contributed by atoms with van der Waals surface area (Å²) in [5.41, 5.74) is 10.9. The van der Waals surface area contributed by atoms with Crippen LogP contribution in [0.5, 0.6) is 0 Å². The van der Waals surface area contributed by atoms with Crippen LogP contribution < -0.4 is 11.1 Å². The highest BCUT2D eigenvalue weighted by molar-refractivity contribution is 5.67. The summed E-state index contributed by atoms with van der Waals surface area (Å²) in [5, 5.41) is 11.4. The first-order valence-electron chi connectivity index (χ1n) is 12.2. The van der Waals surface area contributed by atoms with Crippen molar-refractivity contribution < 1.29 is 9.53 Å². The van der Waals surface area contributed by atoms with E-state index in [0.717, 1.165) is 48.6 Å². The Morgan fingerprint density at radius 3 is 1.97 bits per heavy atom. The maximum Gasteiger partial charge on any atom is 0.407 e. The molecule has 0 radical (unpaired) electrons. The molecule has 0 bridgehead atoms. The number of aromatic nitrogens is 4. The third-order valence-corrected chi connectivity index (χ3v) is 4.83. The highest BCUT2D eigenvalue weighted by Crippen LogP contribution is 2.05. The van der Waals surface area contributed by atoms with Crippen LogP contribution in [-0.2, 0) is 37.3 Å². The second-order valence-electron chi connectivity index (χ2n) is 7.46. The number of aryl methyl sites for hydroxylation is 4. The van der Waals surface area contributed by atoms with Crippen LogP contribution in [0, 0.1) is 13.8 Å². The van der Waals surface area contributed by atoms with Crippen LogP contribution in [-0.4, -0.2) is 38.7 Å². The zero-order chi connectivity index (χ0) is 25.3. The van der Waals surface area contributed by atoms with E-state index in [4.69, 9.17) is 10.5 Å². The molecule has 2 aromatic heterocycles. The number of benzene rings is 1. The Balaban J connectivity index is 0.000000374. The third kappa shape index (κ3) is 10.2. The Morgan fingerprint density at radius 2 is 1.47 bits per heavy atom. The van der Waals surface area contributed by atoms with Crippen LogP contribution >= 0.6 is 0 Å². The van der Waals surface area contributed by atoms with Crippen molar-refractivity contribution in [3.8, 4) is 0 Å². The monoisotopic (exact) mass is 470 g/mol. The van der Waals surface area contributed by atoms with E-state index in [1.165, 1.54) is 5.69 Å². The predicted octanol–water partition coefficient (Wildman–Crippen LogP) is 4.42. The van der Waals surface area contributed by atoms with Gasteiger partial charge < -0.3 is 15.8 Å². The van der Waals surface area contributed by atoms with Gasteiger partial charge in [0.15, 0.2) is 0 Å². The summed E-state index contributed by atoms with van der Waals surface area (Å²) in [4.78, 5) is 11.6. The number of alkyl carbamates (subject to hydrolysis) is 1. The third-order valence-electron chi connectivity index (χ3n) is 4.83. The van der Waals surface area contributed by atoms with E-state index in [0.29, 0.717) is 19.7 Å².